The SMILES string of the molecule is COc1c(C)c2c(c(O)c1C/C=C(\C)CCC(=O)O)C(=O)OC2.[Bi]. The van der Waals surface area contributed by atoms with Gasteiger partial charge in [-0.3, -0.25) is 4.79 Å². The number of carboxylic acids is 1. The van der Waals surface area contributed by atoms with Crippen LogP contribution in [0.25, 0.3) is 0 Å². The molecule has 0 unspecified atom stereocenters. The zero-order valence-electron chi connectivity index (χ0n) is 13.9. The van der Waals surface area contributed by atoms with Crippen LogP contribution >= 0.6 is 0 Å². The molecule has 0 bridgehead atoms. The minimum absolute atomic E-state index is 0. The third kappa shape index (κ3) is 4.07. The van der Waals surface area contributed by atoms with Crippen molar-refractivity contribution in [2.75, 3.05) is 7.11 Å². The molecular weight excluding hydrogens is 509 g/mol. The van der Waals surface area contributed by atoms with Crippen LogP contribution in [0.1, 0.15) is 46.8 Å². The summed E-state index contributed by atoms with van der Waals surface area (Å²) in [5.74, 6) is -0.973. The number of cyclic esters (lactones) is 1. The molecule has 1 aromatic carbocycles. The molecule has 24 heavy (non-hydrogen) atoms. The van der Waals surface area contributed by atoms with Crippen molar-refractivity contribution in [3.05, 3.63) is 33.9 Å². The second-order valence-electron chi connectivity index (χ2n) is 5.56. The maximum absolute atomic E-state index is 11.8. The molecule has 2 rings (SSSR count). The molecule has 0 spiro atoms. The largest absolute Gasteiger partial charge is 0.507 e. The van der Waals surface area contributed by atoms with Crippen LogP contribution in [0.2, 0.25) is 0 Å². The molecule has 2 N–H and O–H groups in total. The summed E-state index contributed by atoms with van der Waals surface area (Å²) in [5.41, 5.74) is 3.04. The number of carbonyl (C=O) groups excluding carboxylic acids is 1. The Morgan fingerprint density at radius 2 is 2.04 bits per heavy atom. The van der Waals surface area contributed by atoms with E-state index in [-0.39, 0.29) is 50.5 Å². The van der Waals surface area contributed by atoms with Gasteiger partial charge in [-0.2, -0.15) is 0 Å². The topological polar surface area (TPSA) is 93.1 Å². The van der Waals surface area contributed by atoms with Crippen LogP contribution in [-0.2, 0) is 22.6 Å². The smallest absolute Gasteiger partial charge is 0.342 e. The predicted octanol–water partition coefficient (Wildman–Crippen LogP) is 2.35. The van der Waals surface area contributed by atoms with Gasteiger partial charge in [-0.05, 0) is 32.3 Å². The van der Waals surface area contributed by atoms with Gasteiger partial charge < -0.3 is 19.7 Å². The number of carbonyl (C=O) groups is 2. The second-order valence-corrected chi connectivity index (χ2v) is 5.56. The Kier molecular flexibility index (Phi) is 7.21. The molecule has 0 saturated carbocycles. The van der Waals surface area contributed by atoms with Crippen molar-refractivity contribution in [3.8, 4) is 11.5 Å². The Bertz CT molecular complexity index is 693. The fraction of sp³-hybridized carbons (Fsp3) is 0.412. The Labute approximate surface area is 159 Å². The first-order valence-electron chi connectivity index (χ1n) is 7.32. The Morgan fingerprint density at radius 3 is 2.62 bits per heavy atom. The van der Waals surface area contributed by atoms with Gasteiger partial charge in [0, 0.05) is 43.8 Å². The minimum atomic E-state index is -0.853. The zero-order valence-corrected chi connectivity index (χ0v) is 17.4. The Morgan fingerprint density at radius 1 is 1.38 bits per heavy atom. The molecule has 0 aromatic heterocycles. The van der Waals surface area contributed by atoms with Gasteiger partial charge in [0.1, 0.15) is 23.7 Å². The minimum Gasteiger partial charge on any atom is -0.507 e. The summed E-state index contributed by atoms with van der Waals surface area (Å²) in [6.45, 7) is 3.79. The zero-order chi connectivity index (χ0) is 17.1. The molecule has 3 radical (unpaired) electrons. The van der Waals surface area contributed by atoms with E-state index in [1.807, 2.05) is 19.9 Å². The second kappa shape index (κ2) is 8.47. The molecule has 129 valence electrons. The first-order chi connectivity index (χ1) is 10.9. The normalized spacial score (nSPS) is 13.1. The number of esters is 1. The van der Waals surface area contributed by atoms with Crippen molar-refractivity contribution in [2.45, 2.75) is 39.7 Å². The molecule has 1 aliphatic rings. The molecule has 1 aromatic rings. The Balaban J connectivity index is 0.00000288. The number of hydrogen-bond donors (Lipinski definition) is 2. The molecule has 6 nitrogen and oxygen atoms in total. The van der Waals surface area contributed by atoms with Crippen LogP contribution in [-0.4, -0.2) is 55.5 Å². The molecule has 0 saturated heterocycles. The van der Waals surface area contributed by atoms with E-state index in [0.29, 0.717) is 29.7 Å². The van der Waals surface area contributed by atoms with Crippen LogP contribution in [0, 0.1) is 6.92 Å². The van der Waals surface area contributed by atoms with E-state index in [1.165, 1.54) is 7.11 Å². The fourth-order valence-electron chi connectivity index (χ4n) is 2.71. The van der Waals surface area contributed by atoms with Crippen molar-refractivity contribution in [1.29, 1.82) is 0 Å². The van der Waals surface area contributed by atoms with Crippen molar-refractivity contribution in [1.82, 2.24) is 0 Å². The van der Waals surface area contributed by atoms with E-state index in [0.717, 1.165) is 11.1 Å². The summed E-state index contributed by atoms with van der Waals surface area (Å²) in [4.78, 5) is 22.4. The van der Waals surface area contributed by atoms with Gasteiger partial charge in [0.05, 0.1) is 7.11 Å². The maximum Gasteiger partial charge on any atom is 0.342 e. The first-order valence-corrected chi connectivity index (χ1v) is 7.32. The molecule has 0 aliphatic carbocycles. The van der Waals surface area contributed by atoms with Crippen molar-refractivity contribution in [3.63, 3.8) is 0 Å². The summed E-state index contributed by atoms with van der Waals surface area (Å²) >= 11 is 0. The quantitative estimate of drug-likeness (QED) is 0.334. The molecular formula is C17H20BiO6. The van der Waals surface area contributed by atoms with Crippen LogP contribution in [0.15, 0.2) is 11.6 Å². The molecule has 1 aliphatic heterocycles. The molecule has 0 amide bonds. The summed E-state index contributed by atoms with van der Waals surface area (Å²) in [6.07, 6.45) is 2.68. The van der Waals surface area contributed by atoms with Crippen LogP contribution in [0.5, 0.6) is 11.5 Å². The number of phenols is 1. The van der Waals surface area contributed by atoms with Gasteiger partial charge in [-0.15, -0.1) is 0 Å². The standard InChI is InChI=1S/C17H20O6.Bi/c1-9(5-7-13(18)19)4-6-11-15(20)14-12(8-23-17(14)21)10(2)16(11)22-3;/h4,20H,5-8H2,1-3H3,(H,18,19);/b9-4+;. The number of aliphatic carboxylic acids is 1. The Hall–Kier alpha value is -1.62. The first kappa shape index (κ1) is 20.4. The summed E-state index contributed by atoms with van der Waals surface area (Å²) in [5, 5.41) is 19.1. The van der Waals surface area contributed by atoms with Gasteiger partial charge in [-0.1, -0.05) is 11.6 Å². The van der Waals surface area contributed by atoms with Gasteiger partial charge in [0.2, 0.25) is 0 Å². The molecule has 1 heterocycles. The van der Waals surface area contributed by atoms with E-state index >= 15 is 0 Å². The number of benzene rings is 1. The van der Waals surface area contributed by atoms with Gasteiger partial charge >= 0.3 is 11.9 Å². The average Bonchev–Trinajstić information content (AvgIpc) is 2.89. The monoisotopic (exact) mass is 529 g/mol. The number of methoxy groups -OCH3 is 1. The van der Waals surface area contributed by atoms with E-state index in [9.17, 15) is 14.7 Å². The summed E-state index contributed by atoms with van der Waals surface area (Å²) in [7, 11) is 1.51. The summed E-state index contributed by atoms with van der Waals surface area (Å²) in [6, 6.07) is 0. The number of allylic oxidation sites excluding steroid dienone is 2. The number of carboxylic acid groups (broad SMARTS) is 1. The van der Waals surface area contributed by atoms with Gasteiger partial charge in [-0.25, -0.2) is 4.79 Å². The van der Waals surface area contributed by atoms with E-state index in [2.05, 4.69) is 0 Å². The van der Waals surface area contributed by atoms with Gasteiger partial charge in [0.25, 0.3) is 0 Å². The van der Waals surface area contributed by atoms with Crippen molar-refractivity contribution < 1.29 is 29.3 Å². The third-order valence-electron chi connectivity index (χ3n) is 4.04. The predicted molar refractivity (Wildman–Crippen MR) is 88.6 cm³/mol. The summed E-state index contributed by atoms with van der Waals surface area (Å²) < 4.78 is 10.4. The van der Waals surface area contributed by atoms with Crippen LogP contribution in [0.4, 0.5) is 0 Å². The number of fused-ring (bicyclic) bond motifs is 1. The van der Waals surface area contributed by atoms with Crippen molar-refractivity contribution in [2.24, 2.45) is 0 Å². The van der Waals surface area contributed by atoms with Crippen LogP contribution in [0.3, 0.4) is 0 Å². The number of rotatable bonds is 6. The van der Waals surface area contributed by atoms with E-state index in [1.54, 1.807) is 0 Å². The number of phenolic OH excluding ortho intramolecular Hbond substituents is 1. The number of aromatic hydroxyl groups is 1. The number of hydrogen-bond acceptors (Lipinski definition) is 5. The fourth-order valence-corrected chi connectivity index (χ4v) is 2.71. The van der Waals surface area contributed by atoms with Crippen molar-refractivity contribution >= 4 is 38.1 Å². The van der Waals surface area contributed by atoms with E-state index < -0.39 is 11.9 Å². The third-order valence-corrected chi connectivity index (χ3v) is 4.04. The number of ether oxygens (including phenoxy) is 2. The van der Waals surface area contributed by atoms with Gasteiger partial charge in [0.15, 0.2) is 0 Å². The maximum atomic E-state index is 11.8. The van der Waals surface area contributed by atoms with Crippen LogP contribution < -0.4 is 4.74 Å². The van der Waals surface area contributed by atoms with E-state index in [4.69, 9.17) is 14.6 Å². The molecule has 0 fully saturated rings. The average molecular weight is 529 g/mol. The molecule has 7 heteroatoms. The molecule has 0 atom stereocenters.